The molecule has 1 unspecified atom stereocenters. The summed E-state index contributed by atoms with van der Waals surface area (Å²) in [4.78, 5) is 26.8. The van der Waals surface area contributed by atoms with E-state index in [2.05, 4.69) is 15.5 Å². The van der Waals surface area contributed by atoms with E-state index in [1.807, 2.05) is 37.3 Å². The number of rotatable bonds is 8. The minimum absolute atomic E-state index is 0.0566. The molecule has 6 heteroatoms. The quantitative estimate of drug-likeness (QED) is 0.735. The van der Waals surface area contributed by atoms with Gasteiger partial charge in [-0.25, -0.2) is 0 Å². The Bertz CT molecular complexity index is 767. The molecule has 2 amide bonds. The Morgan fingerprint density at radius 2 is 1.93 bits per heavy atom. The molecule has 1 aromatic heterocycles. The molecule has 2 N–H and O–H groups in total. The third kappa shape index (κ3) is 5.70. The molecule has 1 atom stereocenters. The normalized spacial score (nSPS) is 15.8. The molecule has 1 fully saturated rings. The van der Waals surface area contributed by atoms with E-state index in [1.165, 1.54) is 19.3 Å². The molecule has 2 aromatic rings. The molecule has 2 heterocycles. The monoisotopic (exact) mass is 383 g/mol. The van der Waals surface area contributed by atoms with Crippen molar-refractivity contribution in [3.8, 4) is 0 Å². The van der Waals surface area contributed by atoms with Crippen LogP contribution in [0, 0.1) is 6.92 Å². The maximum Gasteiger partial charge on any atom is 0.251 e. The molecular formula is C22H29N3O3. The molecule has 28 heavy (non-hydrogen) atoms. The molecule has 0 spiro atoms. The van der Waals surface area contributed by atoms with Gasteiger partial charge in [0.2, 0.25) is 5.91 Å². The van der Waals surface area contributed by atoms with Crippen LogP contribution < -0.4 is 10.6 Å². The summed E-state index contributed by atoms with van der Waals surface area (Å²) in [5.41, 5.74) is 1.65. The van der Waals surface area contributed by atoms with Crippen LogP contribution in [0.3, 0.4) is 0 Å². The molecule has 0 bridgehead atoms. The summed E-state index contributed by atoms with van der Waals surface area (Å²) >= 11 is 0. The van der Waals surface area contributed by atoms with Crippen LogP contribution in [0.1, 0.15) is 53.4 Å². The highest BCUT2D eigenvalue weighted by molar-refractivity contribution is 5.94. The fraction of sp³-hybridized carbons (Fsp3) is 0.455. The third-order valence-corrected chi connectivity index (χ3v) is 5.11. The van der Waals surface area contributed by atoms with Crippen LogP contribution in [0.15, 0.2) is 47.1 Å². The average molecular weight is 383 g/mol. The maximum atomic E-state index is 12.3. The van der Waals surface area contributed by atoms with Crippen molar-refractivity contribution in [1.29, 1.82) is 0 Å². The van der Waals surface area contributed by atoms with E-state index in [-0.39, 0.29) is 24.3 Å². The number of hydrogen-bond donors (Lipinski definition) is 2. The van der Waals surface area contributed by atoms with E-state index in [4.69, 9.17) is 4.42 Å². The number of aryl methyl sites for hydroxylation is 1. The summed E-state index contributed by atoms with van der Waals surface area (Å²) in [6, 6.07) is 11.3. The summed E-state index contributed by atoms with van der Waals surface area (Å²) in [6.07, 6.45) is 5.54. The Kier molecular flexibility index (Phi) is 7.25. The lowest BCUT2D eigenvalue weighted by atomic mass is 10.1. The van der Waals surface area contributed by atoms with Gasteiger partial charge in [-0.1, -0.05) is 24.1 Å². The standard InChI is InChI=1S/C22H29N3O3/c1-17-7-5-8-18(15-17)22(27)23-11-10-21(26)24-16-19(20-9-6-14-28-20)25-12-3-2-4-13-25/h5-9,14-15,19H,2-4,10-13,16H2,1H3,(H,23,27)(H,24,26). The number of nitrogens with zero attached hydrogens (tertiary/aromatic N) is 1. The summed E-state index contributed by atoms with van der Waals surface area (Å²) in [5.74, 6) is 0.659. The first kappa shape index (κ1) is 20.1. The Morgan fingerprint density at radius 3 is 2.64 bits per heavy atom. The van der Waals surface area contributed by atoms with E-state index in [0.717, 1.165) is 24.4 Å². The molecule has 1 aliphatic rings. The number of amides is 2. The zero-order valence-corrected chi connectivity index (χ0v) is 16.4. The fourth-order valence-electron chi connectivity index (χ4n) is 3.60. The molecule has 1 aromatic carbocycles. The molecule has 0 radical (unpaired) electrons. The van der Waals surface area contributed by atoms with Crippen molar-refractivity contribution >= 4 is 11.8 Å². The summed E-state index contributed by atoms with van der Waals surface area (Å²) < 4.78 is 5.60. The van der Waals surface area contributed by atoms with Gasteiger partial charge in [0.05, 0.1) is 12.3 Å². The first-order valence-corrected chi connectivity index (χ1v) is 10.0. The van der Waals surface area contributed by atoms with Crippen LogP contribution in [0.25, 0.3) is 0 Å². The van der Waals surface area contributed by atoms with Crippen LogP contribution in [0.2, 0.25) is 0 Å². The van der Waals surface area contributed by atoms with Crippen LogP contribution in [0.4, 0.5) is 0 Å². The van der Waals surface area contributed by atoms with Crippen LogP contribution >= 0.6 is 0 Å². The molecule has 150 valence electrons. The van der Waals surface area contributed by atoms with Gasteiger partial charge in [-0.05, 0) is 57.1 Å². The number of benzene rings is 1. The molecular weight excluding hydrogens is 354 g/mol. The molecule has 0 aliphatic carbocycles. The molecule has 6 nitrogen and oxygen atoms in total. The smallest absolute Gasteiger partial charge is 0.251 e. The van der Waals surface area contributed by atoms with Gasteiger partial charge in [-0.3, -0.25) is 14.5 Å². The lowest BCUT2D eigenvalue weighted by Crippen LogP contribution is -2.41. The predicted molar refractivity (Wildman–Crippen MR) is 108 cm³/mol. The highest BCUT2D eigenvalue weighted by Crippen LogP contribution is 2.24. The highest BCUT2D eigenvalue weighted by Gasteiger charge is 2.24. The number of nitrogens with one attached hydrogen (secondary N) is 2. The second-order valence-corrected chi connectivity index (χ2v) is 7.31. The van der Waals surface area contributed by atoms with E-state index >= 15 is 0 Å². The zero-order valence-electron chi connectivity index (χ0n) is 16.4. The summed E-state index contributed by atoms with van der Waals surface area (Å²) in [7, 11) is 0. The van der Waals surface area contributed by atoms with Crippen LogP contribution in [-0.2, 0) is 4.79 Å². The lowest BCUT2D eigenvalue weighted by Gasteiger charge is -2.33. The molecule has 3 rings (SSSR count). The van der Waals surface area contributed by atoms with Gasteiger partial charge in [-0.15, -0.1) is 0 Å². The second-order valence-electron chi connectivity index (χ2n) is 7.31. The van der Waals surface area contributed by atoms with E-state index in [9.17, 15) is 9.59 Å². The zero-order chi connectivity index (χ0) is 19.8. The summed E-state index contributed by atoms with van der Waals surface area (Å²) in [5, 5.41) is 5.81. The second kappa shape index (κ2) is 10.1. The highest BCUT2D eigenvalue weighted by atomic mass is 16.3. The number of hydrogen-bond acceptors (Lipinski definition) is 4. The van der Waals surface area contributed by atoms with Gasteiger partial charge in [0.15, 0.2) is 0 Å². The minimum atomic E-state index is -0.154. The number of carbonyl (C=O) groups is 2. The van der Waals surface area contributed by atoms with Crippen molar-refractivity contribution in [2.75, 3.05) is 26.2 Å². The molecule has 1 saturated heterocycles. The van der Waals surface area contributed by atoms with Crippen molar-refractivity contribution in [1.82, 2.24) is 15.5 Å². The first-order valence-electron chi connectivity index (χ1n) is 10.0. The van der Waals surface area contributed by atoms with Gasteiger partial charge >= 0.3 is 0 Å². The average Bonchev–Trinajstić information content (AvgIpc) is 3.23. The first-order chi connectivity index (χ1) is 13.6. The Balaban J connectivity index is 1.45. The van der Waals surface area contributed by atoms with Gasteiger partial charge in [-0.2, -0.15) is 0 Å². The van der Waals surface area contributed by atoms with Crippen molar-refractivity contribution in [2.45, 2.75) is 38.6 Å². The summed E-state index contributed by atoms with van der Waals surface area (Å²) in [6.45, 7) is 4.81. The minimum Gasteiger partial charge on any atom is -0.468 e. The van der Waals surface area contributed by atoms with E-state index in [0.29, 0.717) is 18.7 Å². The predicted octanol–water partition coefficient (Wildman–Crippen LogP) is 3.05. The van der Waals surface area contributed by atoms with Gasteiger partial charge in [0.25, 0.3) is 5.91 Å². The number of furan rings is 1. The number of piperidine rings is 1. The van der Waals surface area contributed by atoms with Crippen molar-refractivity contribution in [2.24, 2.45) is 0 Å². The van der Waals surface area contributed by atoms with Crippen LogP contribution in [-0.4, -0.2) is 42.9 Å². The fourth-order valence-corrected chi connectivity index (χ4v) is 3.60. The lowest BCUT2D eigenvalue weighted by molar-refractivity contribution is -0.121. The molecule has 0 saturated carbocycles. The Labute approximate surface area is 166 Å². The van der Waals surface area contributed by atoms with Gasteiger partial charge < -0.3 is 15.1 Å². The number of likely N-dealkylation sites (tertiary alicyclic amines) is 1. The SMILES string of the molecule is Cc1cccc(C(=O)NCCC(=O)NCC(c2ccco2)N2CCCCC2)c1. The topological polar surface area (TPSA) is 74.6 Å². The Morgan fingerprint density at radius 1 is 1.11 bits per heavy atom. The largest absolute Gasteiger partial charge is 0.468 e. The van der Waals surface area contributed by atoms with Crippen molar-refractivity contribution in [3.63, 3.8) is 0 Å². The molecule has 1 aliphatic heterocycles. The third-order valence-electron chi connectivity index (χ3n) is 5.11. The number of carbonyl (C=O) groups excluding carboxylic acids is 2. The van der Waals surface area contributed by atoms with Crippen molar-refractivity contribution in [3.05, 3.63) is 59.5 Å². The van der Waals surface area contributed by atoms with Gasteiger partial charge in [0, 0.05) is 25.1 Å². The van der Waals surface area contributed by atoms with E-state index < -0.39 is 0 Å². The maximum absolute atomic E-state index is 12.3. The van der Waals surface area contributed by atoms with E-state index in [1.54, 1.807) is 12.3 Å². The van der Waals surface area contributed by atoms with Crippen LogP contribution in [0.5, 0.6) is 0 Å². The van der Waals surface area contributed by atoms with Gasteiger partial charge in [0.1, 0.15) is 5.76 Å². The van der Waals surface area contributed by atoms with Crippen molar-refractivity contribution < 1.29 is 14.0 Å². The Hall–Kier alpha value is -2.60.